The van der Waals surface area contributed by atoms with Gasteiger partial charge in [0.25, 0.3) is 11.5 Å². The SMILES string of the molecule is CCS(=O)(=O)C1CN(C(=O)c2cn(C)c(=O)cc2OC)C1. The van der Waals surface area contributed by atoms with Gasteiger partial charge in [-0.1, -0.05) is 6.92 Å². The molecule has 2 rings (SSSR count). The van der Waals surface area contributed by atoms with E-state index in [4.69, 9.17) is 4.74 Å². The predicted octanol–water partition coefficient (Wildman–Crippen LogP) is -0.347. The van der Waals surface area contributed by atoms with Gasteiger partial charge in [0.15, 0.2) is 9.84 Å². The molecule has 116 valence electrons. The molecular formula is C13H18N2O5S. The van der Waals surface area contributed by atoms with Gasteiger partial charge in [-0.3, -0.25) is 9.59 Å². The second-order valence-corrected chi connectivity index (χ2v) is 7.56. The van der Waals surface area contributed by atoms with Crippen molar-refractivity contribution in [3.63, 3.8) is 0 Å². The first-order chi connectivity index (χ1) is 9.80. The van der Waals surface area contributed by atoms with Crippen molar-refractivity contribution in [3.8, 4) is 5.75 Å². The number of nitrogens with zero attached hydrogens (tertiary/aromatic N) is 2. The number of ether oxygens (including phenoxy) is 1. The van der Waals surface area contributed by atoms with Crippen LogP contribution in [0.5, 0.6) is 5.75 Å². The summed E-state index contributed by atoms with van der Waals surface area (Å²) >= 11 is 0. The fraction of sp³-hybridized carbons (Fsp3) is 0.538. The van der Waals surface area contributed by atoms with E-state index in [-0.39, 0.29) is 41.6 Å². The zero-order valence-corrected chi connectivity index (χ0v) is 13.0. The molecule has 1 amide bonds. The lowest BCUT2D eigenvalue weighted by molar-refractivity contribution is 0.0654. The average Bonchev–Trinajstić information content (AvgIpc) is 2.39. The fourth-order valence-corrected chi connectivity index (χ4v) is 3.46. The molecule has 0 N–H and O–H groups in total. The number of hydrogen-bond donors (Lipinski definition) is 0. The Labute approximate surface area is 123 Å². The highest BCUT2D eigenvalue weighted by Crippen LogP contribution is 2.23. The Morgan fingerprint density at radius 3 is 2.57 bits per heavy atom. The molecule has 1 aromatic rings. The standard InChI is InChI=1S/C13H18N2O5S/c1-4-21(18,19)9-6-15(7-9)13(17)10-8-14(2)12(16)5-11(10)20-3/h5,8-9H,4,6-7H2,1-3H3. The summed E-state index contributed by atoms with van der Waals surface area (Å²) in [5, 5.41) is -0.495. The number of hydrogen-bond acceptors (Lipinski definition) is 5. The number of aryl methyl sites for hydroxylation is 1. The van der Waals surface area contributed by atoms with E-state index >= 15 is 0 Å². The van der Waals surface area contributed by atoms with Crippen molar-refractivity contribution in [2.45, 2.75) is 12.2 Å². The zero-order chi connectivity index (χ0) is 15.8. The quantitative estimate of drug-likeness (QED) is 0.758. The van der Waals surface area contributed by atoms with Gasteiger partial charge in [0.2, 0.25) is 0 Å². The second kappa shape index (κ2) is 5.51. The van der Waals surface area contributed by atoms with Crippen LogP contribution in [0.2, 0.25) is 0 Å². The molecule has 2 heterocycles. The molecule has 1 aliphatic rings. The summed E-state index contributed by atoms with van der Waals surface area (Å²) in [5.74, 6) is -0.0574. The summed E-state index contributed by atoms with van der Waals surface area (Å²) in [6.45, 7) is 1.96. The molecule has 0 radical (unpaired) electrons. The molecule has 1 saturated heterocycles. The molecule has 0 unspecified atom stereocenters. The lowest BCUT2D eigenvalue weighted by atomic mass is 10.1. The third-order valence-electron chi connectivity index (χ3n) is 3.69. The van der Waals surface area contributed by atoms with Crippen molar-refractivity contribution in [3.05, 3.63) is 28.2 Å². The van der Waals surface area contributed by atoms with Crippen LogP contribution in [0.4, 0.5) is 0 Å². The summed E-state index contributed by atoms with van der Waals surface area (Å²) < 4.78 is 29.7. The van der Waals surface area contributed by atoms with Crippen LogP contribution in [0, 0.1) is 0 Å². The van der Waals surface area contributed by atoms with E-state index in [0.717, 1.165) is 0 Å². The molecule has 1 fully saturated rings. The van der Waals surface area contributed by atoms with Crippen LogP contribution >= 0.6 is 0 Å². The number of aromatic nitrogens is 1. The molecule has 0 atom stereocenters. The number of methoxy groups -OCH3 is 1. The van der Waals surface area contributed by atoms with E-state index in [2.05, 4.69) is 0 Å². The topological polar surface area (TPSA) is 85.7 Å². The van der Waals surface area contributed by atoms with Crippen molar-refractivity contribution < 1.29 is 17.9 Å². The van der Waals surface area contributed by atoms with Crippen LogP contribution in [-0.2, 0) is 16.9 Å². The molecule has 1 aromatic heterocycles. The van der Waals surface area contributed by atoms with E-state index in [1.54, 1.807) is 14.0 Å². The van der Waals surface area contributed by atoms with Gasteiger partial charge in [-0.25, -0.2) is 8.42 Å². The van der Waals surface area contributed by atoms with Crippen LogP contribution in [-0.4, -0.2) is 55.0 Å². The molecular weight excluding hydrogens is 296 g/mol. The molecule has 0 spiro atoms. The Kier molecular flexibility index (Phi) is 4.08. The zero-order valence-electron chi connectivity index (χ0n) is 12.2. The lowest BCUT2D eigenvalue weighted by Gasteiger charge is -2.38. The minimum Gasteiger partial charge on any atom is -0.496 e. The van der Waals surface area contributed by atoms with Gasteiger partial charge in [0.05, 0.1) is 17.9 Å². The van der Waals surface area contributed by atoms with Crippen LogP contribution in [0.1, 0.15) is 17.3 Å². The highest BCUT2D eigenvalue weighted by molar-refractivity contribution is 7.92. The molecule has 0 saturated carbocycles. The summed E-state index contributed by atoms with van der Waals surface area (Å²) in [4.78, 5) is 25.3. The van der Waals surface area contributed by atoms with E-state index in [1.165, 1.54) is 28.8 Å². The highest BCUT2D eigenvalue weighted by Gasteiger charge is 2.39. The minimum absolute atomic E-state index is 0.0723. The first-order valence-electron chi connectivity index (χ1n) is 6.55. The van der Waals surface area contributed by atoms with E-state index in [0.29, 0.717) is 0 Å². The summed E-state index contributed by atoms with van der Waals surface area (Å²) in [6.07, 6.45) is 1.41. The van der Waals surface area contributed by atoms with Gasteiger partial charge in [0.1, 0.15) is 5.75 Å². The normalized spacial score (nSPS) is 15.7. The number of pyridine rings is 1. The van der Waals surface area contributed by atoms with Crippen molar-refractivity contribution >= 4 is 15.7 Å². The Morgan fingerprint density at radius 1 is 1.43 bits per heavy atom. The number of carbonyl (C=O) groups is 1. The average molecular weight is 314 g/mol. The Bertz CT molecular complexity index is 717. The smallest absolute Gasteiger partial charge is 0.259 e. The van der Waals surface area contributed by atoms with Crippen molar-refractivity contribution in [1.29, 1.82) is 0 Å². The molecule has 8 heteroatoms. The van der Waals surface area contributed by atoms with Gasteiger partial charge in [0, 0.05) is 38.2 Å². The van der Waals surface area contributed by atoms with Crippen LogP contribution < -0.4 is 10.3 Å². The van der Waals surface area contributed by atoms with Gasteiger partial charge in [-0.05, 0) is 0 Å². The maximum absolute atomic E-state index is 12.4. The van der Waals surface area contributed by atoms with Gasteiger partial charge in [-0.15, -0.1) is 0 Å². The number of sulfone groups is 1. The maximum Gasteiger partial charge on any atom is 0.259 e. The van der Waals surface area contributed by atoms with Crippen molar-refractivity contribution in [2.24, 2.45) is 7.05 Å². The summed E-state index contributed by atoms with van der Waals surface area (Å²) in [7, 11) is -0.199. The molecule has 0 aromatic carbocycles. The highest BCUT2D eigenvalue weighted by atomic mass is 32.2. The molecule has 1 aliphatic heterocycles. The molecule has 0 bridgehead atoms. The maximum atomic E-state index is 12.4. The van der Waals surface area contributed by atoms with Crippen LogP contribution in [0.25, 0.3) is 0 Å². The Hall–Kier alpha value is -1.83. The van der Waals surface area contributed by atoms with Crippen LogP contribution in [0.15, 0.2) is 17.1 Å². The number of likely N-dealkylation sites (tertiary alicyclic amines) is 1. The number of amides is 1. The molecule has 0 aliphatic carbocycles. The lowest BCUT2D eigenvalue weighted by Crippen LogP contribution is -2.57. The monoisotopic (exact) mass is 314 g/mol. The van der Waals surface area contributed by atoms with Crippen LogP contribution in [0.3, 0.4) is 0 Å². The summed E-state index contributed by atoms with van der Waals surface area (Å²) in [6, 6.07) is 1.24. The second-order valence-electron chi connectivity index (χ2n) is 4.99. The number of carbonyl (C=O) groups excluding carboxylic acids is 1. The minimum atomic E-state index is -3.12. The molecule has 7 nitrogen and oxygen atoms in total. The van der Waals surface area contributed by atoms with E-state index < -0.39 is 15.1 Å². The van der Waals surface area contributed by atoms with Gasteiger partial charge in [-0.2, -0.15) is 0 Å². The first kappa shape index (κ1) is 15.6. The fourth-order valence-electron chi connectivity index (χ4n) is 2.18. The molecule has 21 heavy (non-hydrogen) atoms. The first-order valence-corrected chi connectivity index (χ1v) is 8.27. The van der Waals surface area contributed by atoms with E-state index in [1.807, 2.05) is 0 Å². The Balaban J connectivity index is 2.20. The Morgan fingerprint density at radius 2 is 2.05 bits per heavy atom. The third kappa shape index (κ3) is 2.80. The van der Waals surface area contributed by atoms with Gasteiger partial charge < -0.3 is 14.2 Å². The summed E-state index contributed by atoms with van der Waals surface area (Å²) in [5.41, 5.74) is -0.0228. The third-order valence-corrected chi connectivity index (χ3v) is 5.80. The van der Waals surface area contributed by atoms with Crippen molar-refractivity contribution in [1.82, 2.24) is 9.47 Å². The van der Waals surface area contributed by atoms with Gasteiger partial charge >= 0.3 is 0 Å². The predicted molar refractivity (Wildman–Crippen MR) is 77.4 cm³/mol. The van der Waals surface area contributed by atoms with Crippen molar-refractivity contribution in [2.75, 3.05) is 26.0 Å². The largest absolute Gasteiger partial charge is 0.496 e. The van der Waals surface area contributed by atoms with E-state index in [9.17, 15) is 18.0 Å². The number of rotatable bonds is 4.